The molecule has 2 aromatic carbocycles. The molecule has 4 aromatic rings. The minimum Gasteiger partial charge on any atom is -0.473 e. The fourth-order valence-corrected chi connectivity index (χ4v) is 4.46. The molecule has 6 nitrogen and oxygen atoms in total. The van der Waals surface area contributed by atoms with Crippen molar-refractivity contribution in [1.82, 2.24) is 19.4 Å². The highest BCUT2D eigenvalue weighted by Crippen LogP contribution is 2.25. The zero-order valence-corrected chi connectivity index (χ0v) is 20.5. The number of imidazole rings is 1. The maximum absolute atomic E-state index is 14.0. The summed E-state index contributed by atoms with van der Waals surface area (Å²) in [4.78, 5) is 11.9. The van der Waals surface area contributed by atoms with Gasteiger partial charge in [0.15, 0.2) is 0 Å². The van der Waals surface area contributed by atoms with E-state index in [9.17, 15) is 4.39 Å². The molecule has 2 aromatic heterocycles. The Morgan fingerprint density at radius 1 is 1.11 bits per heavy atom. The van der Waals surface area contributed by atoms with Crippen molar-refractivity contribution in [2.24, 2.45) is 7.05 Å². The molecule has 3 heterocycles. The molecule has 0 aliphatic carbocycles. The van der Waals surface area contributed by atoms with Crippen LogP contribution >= 0.6 is 11.6 Å². The number of rotatable bonds is 7. The number of nitrogens with one attached hydrogen (secondary N) is 1. The highest BCUT2D eigenvalue weighted by Gasteiger charge is 2.17. The van der Waals surface area contributed by atoms with Crippen LogP contribution in [-0.2, 0) is 20.2 Å². The first-order chi connectivity index (χ1) is 17.0. The lowest BCUT2D eigenvalue weighted by atomic mass is 10.0. The van der Waals surface area contributed by atoms with Gasteiger partial charge >= 0.3 is 0 Å². The Hall–Kier alpha value is -3.42. The number of pyridine rings is 1. The second-order valence-corrected chi connectivity index (χ2v) is 9.08. The largest absolute Gasteiger partial charge is 0.473 e. The van der Waals surface area contributed by atoms with E-state index in [-0.39, 0.29) is 12.4 Å². The molecule has 0 unspecified atom stereocenters. The van der Waals surface area contributed by atoms with Crippen molar-refractivity contribution in [3.8, 4) is 5.88 Å². The van der Waals surface area contributed by atoms with Gasteiger partial charge in [-0.15, -0.1) is 0 Å². The van der Waals surface area contributed by atoms with Gasteiger partial charge in [-0.05, 0) is 48.4 Å². The van der Waals surface area contributed by atoms with E-state index in [1.54, 1.807) is 18.2 Å². The quantitative estimate of drug-likeness (QED) is 0.361. The van der Waals surface area contributed by atoms with Crippen LogP contribution in [-0.4, -0.2) is 39.6 Å². The summed E-state index contributed by atoms with van der Waals surface area (Å²) in [5.41, 5.74) is 5.71. The Balaban J connectivity index is 1.24. The number of anilines is 1. The Morgan fingerprint density at radius 2 is 2.00 bits per heavy atom. The summed E-state index contributed by atoms with van der Waals surface area (Å²) in [5.74, 6) is 1.14. The first-order valence-corrected chi connectivity index (χ1v) is 12.0. The topological polar surface area (TPSA) is 55.2 Å². The van der Waals surface area contributed by atoms with Gasteiger partial charge in [-0.2, -0.15) is 0 Å². The number of aryl methyl sites for hydroxylation is 1. The smallest absolute Gasteiger partial charge is 0.214 e. The van der Waals surface area contributed by atoms with Crippen molar-refractivity contribution in [1.29, 1.82) is 0 Å². The van der Waals surface area contributed by atoms with Crippen LogP contribution < -0.4 is 10.1 Å². The van der Waals surface area contributed by atoms with Crippen LogP contribution in [0.4, 0.5) is 10.1 Å². The second-order valence-electron chi connectivity index (χ2n) is 8.64. The maximum atomic E-state index is 14.0. The van der Waals surface area contributed by atoms with Gasteiger partial charge in [0, 0.05) is 49.5 Å². The molecule has 5 rings (SSSR count). The third-order valence-electron chi connectivity index (χ3n) is 6.36. The Kier molecular flexibility index (Phi) is 6.70. The molecule has 1 aliphatic heterocycles. The van der Waals surface area contributed by atoms with Crippen LogP contribution in [0.5, 0.6) is 5.88 Å². The summed E-state index contributed by atoms with van der Waals surface area (Å²) in [6.45, 7) is 2.62. The van der Waals surface area contributed by atoms with Crippen LogP contribution in [0.15, 0.2) is 60.7 Å². The third kappa shape index (κ3) is 5.16. The Labute approximate surface area is 209 Å². The molecule has 0 saturated heterocycles. The van der Waals surface area contributed by atoms with E-state index in [0.717, 1.165) is 54.3 Å². The van der Waals surface area contributed by atoms with Crippen LogP contribution in [0, 0.1) is 5.82 Å². The number of fused-ring (bicyclic) bond motifs is 1. The molecular weight excluding hydrogens is 465 g/mol. The van der Waals surface area contributed by atoms with Crippen LogP contribution in [0.25, 0.3) is 16.6 Å². The molecule has 0 amide bonds. The van der Waals surface area contributed by atoms with Gasteiger partial charge in [0.2, 0.25) is 5.88 Å². The normalized spacial score (nSPS) is 14.2. The summed E-state index contributed by atoms with van der Waals surface area (Å²) in [6, 6.07) is 16.5. The summed E-state index contributed by atoms with van der Waals surface area (Å²) in [6.07, 6.45) is 3.10. The zero-order chi connectivity index (χ0) is 24.4. The minimum atomic E-state index is -0.383. The summed E-state index contributed by atoms with van der Waals surface area (Å²) in [7, 11) is 3.99. The highest BCUT2D eigenvalue weighted by molar-refractivity contribution is 6.30. The standard InChI is InChI=1S/C27H27ClFN5O/c1-30-21-8-9-25-24(15-21)31-26(33(25)2)16-34-12-10-18(11-13-34)23-4-3-5-27(32-23)35-17-19-6-7-20(28)14-22(19)29/h3-10,14-15,30H,11-13,16-17H2,1-2H3. The number of hydrogen-bond acceptors (Lipinski definition) is 5. The number of aromatic nitrogens is 3. The number of halogens is 2. The number of nitrogens with zero attached hydrogens (tertiary/aromatic N) is 4. The molecule has 1 aliphatic rings. The Morgan fingerprint density at radius 3 is 2.77 bits per heavy atom. The first-order valence-electron chi connectivity index (χ1n) is 11.6. The average Bonchev–Trinajstić information content (AvgIpc) is 3.18. The second kappa shape index (κ2) is 10.1. The van der Waals surface area contributed by atoms with E-state index in [4.69, 9.17) is 21.3 Å². The Bertz CT molecular complexity index is 1400. The van der Waals surface area contributed by atoms with Gasteiger partial charge in [0.05, 0.1) is 23.3 Å². The van der Waals surface area contributed by atoms with Crippen LogP contribution in [0.3, 0.4) is 0 Å². The van der Waals surface area contributed by atoms with Crippen molar-refractivity contribution < 1.29 is 9.13 Å². The molecule has 1 N–H and O–H groups in total. The highest BCUT2D eigenvalue weighted by atomic mass is 35.5. The van der Waals surface area contributed by atoms with Crippen LogP contribution in [0.2, 0.25) is 5.02 Å². The van der Waals surface area contributed by atoms with Gasteiger partial charge in [-0.25, -0.2) is 14.4 Å². The molecular formula is C27H27ClFN5O. The zero-order valence-electron chi connectivity index (χ0n) is 19.8. The number of benzene rings is 2. The lowest BCUT2D eigenvalue weighted by Crippen LogP contribution is -2.29. The van der Waals surface area contributed by atoms with E-state index in [2.05, 4.69) is 51.1 Å². The van der Waals surface area contributed by atoms with E-state index < -0.39 is 0 Å². The molecule has 0 atom stereocenters. The van der Waals surface area contributed by atoms with Gasteiger partial charge in [-0.1, -0.05) is 29.8 Å². The predicted octanol–water partition coefficient (Wildman–Crippen LogP) is 5.67. The number of ether oxygens (including phenoxy) is 1. The molecule has 0 radical (unpaired) electrons. The predicted molar refractivity (Wildman–Crippen MR) is 138 cm³/mol. The van der Waals surface area contributed by atoms with Crippen molar-refractivity contribution in [3.05, 3.63) is 88.6 Å². The monoisotopic (exact) mass is 491 g/mol. The lowest BCUT2D eigenvalue weighted by molar-refractivity contribution is 0.282. The lowest BCUT2D eigenvalue weighted by Gasteiger charge is -2.25. The molecule has 0 fully saturated rings. The van der Waals surface area contributed by atoms with Gasteiger partial charge in [-0.3, -0.25) is 4.90 Å². The molecule has 0 saturated carbocycles. The van der Waals surface area contributed by atoms with Crippen molar-refractivity contribution >= 4 is 33.9 Å². The van der Waals surface area contributed by atoms with Gasteiger partial charge < -0.3 is 14.6 Å². The fourth-order valence-electron chi connectivity index (χ4n) is 4.30. The molecule has 180 valence electrons. The maximum Gasteiger partial charge on any atom is 0.214 e. The van der Waals surface area contributed by atoms with Gasteiger partial charge in [0.1, 0.15) is 18.2 Å². The number of hydrogen-bond donors (Lipinski definition) is 1. The van der Waals surface area contributed by atoms with E-state index in [1.165, 1.54) is 11.6 Å². The van der Waals surface area contributed by atoms with E-state index >= 15 is 0 Å². The summed E-state index contributed by atoms with van der Waals surface area (Å²) >= 11 is 5.82. The summed E-state index contributed by atoms with van der Waals surface area (Å²) in [5, 5.41) is 3.53. The van der Waals surface area contributed by atoms with Gasteiger partial charge in [0.25, 0.3) is 0 Å². The van der Waals surface area contributed by atoms with Crippen molar-refractivity contribution in [2.75, 3.05) is 25.5 Å². The fraction of sp³-hybridized carbons (Fsp3) is 0.259. The average molecular weight is 492 g/mol. The third-order valence-corrected chi connectivity index (χ3v) is 6.60. The first kappa shape index (κ1) is 23.3. The summed E-state index contributed by atoms with van der Waals surface area (Å²) < 4.78 is 22.0. The molecule has 0 bridgehead atoms. The SMILES string of the molecule is CNc1ccc2c(c1)nc(CN1CC=C(c3cccc(OCc4ccc(Cl)cc4F)n3)CC1)n2C. The minimum absolute atomic E-state index is 0.0973. The molecule has 0 spiro atoms. The van der Waals surface area contributed by atoms with E-state index in [1.807, 2.05) is 19.2 Å². The van der Waals surface area contributed by atoms with Crippen LogP contribution in [0.1, 0.15) is 23.5 Å². The molecule has 8 heteroatoms. The van der Waals surface area contributed by atoms with Crippen molar-refractivity contribution in [2.45, 2.75) is 19.6 Å². The molecule has 35 heavy (non-hydrogen) atoms. The van der Waals surface area contributed by atoms with Crippen molar-refractivity contribution in [3.63, 3.8) is 0 Å². The van der Waals surface area contributed by atoms with E-state index in [0.29, 0.717) is 16.5 Å².